The summed E-state index contributed by atoms with van der Waals surface area (Å²) < 4.78 is 0. The minimum Gasteiger partial charge on any atom is -0.392 e. The standard InChI is InChI=1S/C20H25N5O2/c1-20(2)16(9-17(20)27)24-18-15(10-21)11-23-19(25-18)22-8-7-13-3-5-14(12-26)6-4-13/h3-6,11,16-17,26-27H,7-9,12H2,1-2H3,(H2,22,23,24,25)/t16-,17+/m1/s1. The van der Waals surface area contributed by atoms with Gasteiger partial charge in [-0.3, -0.25) is 0 Å². The quantitative estimate of drug-likeness (QED) is 0.592. The summed E-state index contributed by atoms with van der Waals surface area (Å²) >= 11 is 0. The predicted octanol–water partition coefficient (Wildman–Crippen LogP) is 2.07. The zero-order chi connectivity index (χ0) is 19.4. The van der Waals surface area contributed by atoms with Crippen LogP contribution in [0.25, 0.3) is 0 Å². The van der Waals surface area contributed by atoms with Crippen LogP contribution < -0.4 is 10.6 Å². The molecule has 2 atom stereocenters. The van der Waals surface area contributed by atoms with Crippen LogP contribution >= 0.6 is 0 Å². The molecule has 1 aliphatic carbocycles. The van der Waals surface area contributed by atoms with Gasteiger partial charge in [-0.2, -0.15) is 10.2 Å². The number of hydrogen-bond acceptors (Lipinski definition) is 7. The summed E-state index contributed by atoms with van der Waals surface area (Å²) in [5, 5.41) is 34.7. The van der Waals surface area contributed by atoms with E-state index in [0.717, 1.165) is 17.5 Å². The lowest BCUT2D eigenvalue weighted by molar-refractivity contribution is -0.0511. The van der Waals surface area contributed by atoms with Crippen molar-refractivity contribution in [3.63, 3.8) is 0 Å². The van der Waals surface area contributed by atoms with E-state index in [4.69, 9.17) is 5.11 Å². The van der Waals surface area contributed by atoms with Gasteiger partial charge in [0.1, 0.15) is 17.5 Å². The Bertz CT molecular complexity index is 829. The van der Waals surface area contributed by atoms with Crippen molar-refractivity contribution >= 4 is 11.8 Å². The highest BCUT2D eigenvalue weighted by atomic mass is 16.3. The van der Waals surface area contributed by atoms with E-state index in [9.17, 15) is 10.4 Å². The van der Waals surface area contributed by atoms with Gasteiger partial charge in [0.15, 0.2) is 0 Å². The number of aromatic nitrogens is 2. The lowest BCUT2D eigenvalue weighted by Crippen LogP contribution is -2.57. The highest BCUT2D eigenvalue weighted by molar-refractivity contribution is 5.54. The van der Waals surface area contributed by atoms with E-state index in [1.165, 1.54) is 6.20 Å². The normalized spacial score (nSPS) is 20.4. The minimum atomic E-state index is -0.350. The minimum absolute atomic E-state index is 0.0439. The third-order valence-electron chi connectivity index (χ3n) is 5.34. The van der Waals surface area contributed by atoms with Gasteiger partial charge in [-0.05, 0) is 24.0 Å². The van der Waals surface area contributed by atoms with Crippen LogP contribution in [0.15, 0.2) is 30.5 Å². The maximum absolute atomic E-state index is 9.90. The van der Waals surface area contributed by atoms with E-state index in [1.54, 1.807) is 0 Å². The van der Waals surface area contributed by atoms with Gasteiger partial charge in [0.25, 0.3) is 0 Å². The van der Waals surface area contributed by atoms with Crippen molar-refractivity contribution in [3.8, 4) is 6.07 Å². The Kier molecular flexibility index (Phi) is 5.59. The summed E-state index contributed by atoms with van der Waals surface area (Å²) in [6.07, 6.45) is 2.58. The second kappa shape index (κ2) is 7.91. The Morgan fingerprint density at radius 2 is 1.96 bits per heavy atom. The molecule has 2 aromatic rings. The Balaban J connectivity index is 1.61. The Hall–Kier alpha value is -2.69. The number of aliphatic hydroxyl groups is 2. The molecule has 0 bridgehead atoms. The number of anilines is 2. The maximum Gasteiger partial charge on any atom is 0.224 e. The average molecular weight is 367 g/mol. The van der Waals surface area contributed by atoms with Gasteiger partial charge in [0.05, 0.1) is 18.9 Å². The Morgan fingerprint density at radius 1 is 1.26 bits per heavy atom. The van der Waals surface area contributed by atoms with Crippen molar-refractivity contribution < 1.29 is 10.2 Å². The third-order valence-corrected chi connectivity index (χ3v) is 5.34. The van der Waals surface area contributed by atoms with Crippen molar-refractivity contribution in [1.29, 1.82) is 5.26 Å². The molecule has 0 radical (unpaired) electrons. The van der Waals surface area contributed by atoms with E-state index in [-0.39, 0.29) is 24.2 Å². The summed E-state index contributed by atoms with van der Waals surface area (Å²) in [7, 11) is 0. The number of nitriles is 1. The van der Waals surface area contributed by atoms with Crippen LogP contribution in [0.5, 0.6) is 0 Å². The van der Waals surface area contributed by atoms with Gasteiger partial charge in [0.2, 0.25) is 5.95 Å². The molecule has 7 nitrogen and oxygen atoms in total. The van der Waals surface area contributed by atoms with Gasteiger partial charge in [0, 0.05) is 18.0 Å². The van der Waals surface area contributed by atoms with E-state index in [0.29, 0.717) is 30.3 Å². The smallest absolute Gasteiger partial charge is 0.224 e. The fourth-order valence-electron chi connectivity index (χ4n) is 3.10. The Labute approximate surface area is 159 Å². The molecular formula is C20H25N5O2. The molecule has 1 aliphatic rings. The first-order valence-corrected chi connectivity index (χ1v) is 9.08. The maximum atomic E-state index is 9.90. The summed E-state index contributed by atoms with van der Waals surface area (Å²) in [6, 6.07) is 9.97. The first kappa shape index (κ1) is 19.1. The third kappa shape index (κ3) is 4.18. The number of aliphatic hydroxyl groups excluding tert-OH is 2. The molecule has 0 saturated heterocycles. The van der Waals surface area contributed by atoms with Crippen molar-refractivity contribution in [2.75, 3.05) is 17.2 Å². The molecule has 0 spiro atoms. The zero-order valence-electron chi connectivity index (χ0n) is 15.6. The van der Waals surface area contributed by atoms with Gasteiger partial charge in [-0.25, -0.2) is 4.98 Å². The molecular weight excluding hydrogens is 342 g/mol. The molecule has 1 fully saturated rings. The number of nitrogens with zero attached hydrogens (tertiary/aromatic N) is 3. The molecule has 7 heteroatoms. The monoisotopic (exact) mass is 367 g/mol. The van der Waals surface area contributed by atoms with Gasteiger partial charge >= 0.3 is 0 Å². The van der Waals surface area contributed by atoms with Crippen molar-refractivity contribution in [2.24, 2.45) is 5.41 Å². The lowest BCUT2D eigenvalue weighted by atomic mass is 9.64. The van der Waals surface area contributed by atoms with Gasteiger partial charge < -0.3 is 20.8 Å². The second-order valence-electron chi connectivity index (χ2n) is 7.49. The van der Waals surface area contributed by atoms with Crippen molar-refractivity contribution in [2.45, 2.75) is 45.4 Å². The molecule has 142 valence electrons. The predicted molar refractivity (Wildman–Crippen MR) is 103 cm³/mol. The van der Waals surface area contributed by atoms with Crippen LogP contribution in [-0.4, -0.2) is 38.9 Å². The van der Waals surface area contributed by atoms with Crippen LogP contribution in [0.1, 0.15) is 37.0 Å². The Morgan fingerprint density at radius 3 is 2.56 bits per heavy atom. The van der Waals surface area contributed by atoms with Crippen molar-refractivity contribution in [1.82, 2.24) is 9.97 Å². The van der Waals surface area contributed by atoms with E-state index < -0.39 is 0 Å². The fourth-order valence-corrected chi connectivity index (χ4v) is 3.10. The number of hydrogen-bond donors (Lipinski definition) is 4. The van der Waals surface area contributed by atoms with E-state index >= 15 is 0 Å². The number of rotatable bonds is 7. The SMILES string of the molecule is CC1(C)[C@@H](O)C[C@H]1Nc1nc(NCCc2ccc(CO)cc2)ncc1C#N. The molecule has 1 heterocycles. The average Bonchev–Trinajstić information content (AvgIpc) is 2.68. The van der Waals surface area contributed by atoms with E-state index in [1.807, 2.05) is 38.1 Å². The highest BCUT2D eigenvalue weighted by Gasteiger charge is 2.47. The van der Waals surface area contributed by atoms with Crippen LogP contribution in [0.3, 0.4) is 0 Å². The molecule has 27 heavy (non-hydrogen) atoms. The molecule has 3 rings (SSSR count). The van der Waals surface area contributed by atoms with Gasteiger partial charge in [-0.1, -0.05) is 38.1 Å². The molecule has 0 aliphatic heterocycles. The zero-order valence-corrected chi connectivity index (χ0v) is 15.6. The molecule has 1 saturated carbocycles. The molecule has 1 aromatic carbocycles. The number of nitrogens with one attached hydrogen (secondary N) is 2. The number of benzene rings is 1. The summed E-state index contributed by atoms with van der Waals surface area (Å²) in [5.74, 6) is 0.952. The topological polar surface area (TPSA) is 114 Å². The largest absolute Gasteiger partial charge is 0.392 e. The molecule has 0 amide bonds. The summed E-state index contributed by atoms with van der Waals surface area (Å²) in [6.45, 7) is 4.68. The molecule has 1 aromatic heterocycles. The first-order chi connectivity index (χ1) is 12.9. The fraction of sp³-hybridized carbons (Fsp3) is 0.450. The first-order valence-electron chi connectivity index (χ1n) is 9.08. The molecule has 0 unspecified atom stereocenters. The highest BCUT2D eigenvalue weighted by Crippen LogP contribution is 2.42. The molecule has 4 N–H and O–H groups in total. The van der Waals surface area contributed by atoms with Crippen molar-refractivity contribution in [3.05, 3.63) is 47.2 Å². The van der Waals surface area contributed by atoms with E-state index in [2.05, 4.69) is 26.7 Å². The summed E-state index contributed by atoms with van der Waals surface area (Å²) in [4.78, 5) is 8.65. The summed E-state index contributed by atoms with van der Waals surface area (Å²) in [5.41, 5.74) is 2.17. The second-order valence-corrected chi connectivity index (χ2v) is 7.49. The lowest BCUT2D eigenvalue weighted by Gasteiger charge is -2.49. The van der Waals surface area contributed by atoms with Crippen LogP contribution in [0.2, 0.25) is 0 Å². The van der Waals surface area contributed by atoms with Gasteiger partial charge in [-0.15, -0.1) is 0 Å². The van der Waals surface area contributed by atoms with Crippen LogP contribution in [0.4, 0.5) is 11.8 Å². The van der Waals surface area contributed by atoms with Crippen LogP contribution in [0, 0.1) is 16.7 Å². The van der Waals surface area contributed by atoms with Crippen LogP contribution in [-0.2, 0) is 13.0 Å².